The fourth-order valence-electron chi connectivity index (χ4n) is 6.96. The molecule has 3 aliphatic heterocycles. The van der Waals surface area contributed by atoms with Gasteiger partial charge in [0.15, 0.2) is 5.82 Å². The quantitative estimate of drug-likeness (QED) is 0.330. The van der Waals surface area contributed by atoms with Gasteiger partial charge in [0.1, 0.15) is 46.7 Å². The predicted octanol–water partition coefficient (Wildman–Crippen LogP) is 4.78. The number of piperazine rings is 1. The highest BCUT2D eigenvalue weighted by Gasteiger charge is 2.49. The number of fused-ring (bicyclic) bond motifs is 3. The summed E-state index contributed by atoms with van der Waals surface area (Å²) in [5.74, 6) is -0.798. The SMILES string of the molecule is C[C@@H]1CN(c2nc(OC[C@@]34CCCN3C[C@H](F)C4)nc3c(F)c(-c4ccc(F)c5sc(N)c(C#N)c45)ncc23)[C@@H](C)CN1. The number of halogens is 3. The van der Waals surface area contributed by atoms with Crippen LogP contribution in [0.2, 0.25) is 0 Å². The minimum atomic E-state index is -0.914. The summed E-state index contributed by atoms with van der Waals surface area (Å²) in [6.07, 6.45) is 2.76. The largest absolute Gasteiger partial charge is 0.461 e. The van der Waals surface area contributed by atoms with Gasteiger partial charge in [-0.15, -0.1) is 11.3 Å². The second-order valence-electron chi connectivity index (χ2n) is 11.9. The second kappa shape index (κ2) is 10.5. The van der Waals surface area contributed by atoms with Crippen LogP contribution in [0.15, 0.2) is 18.3 Å². The van der Waals surface area contributed by atoms with E-state index in [1.165, 1.54) is 18.3 Å². The van der Waals surface area contributed by atoms with Gasteiger partial charge in [0.2, 0.25) is 0 Å². The van der Waals surface area contributed by atoms with Crippen molar-refractivity contribution in [2.45, 2.75) is 56.9 Å². The number of hydrogen-bond acceptors (Lipinski definition) is 10. The van der Waals surface area contributed by atoms with E-state index >= 15 is 4.39 Å². The van der Waals surface area contributed by atoms with E-state index in [-0.39, 0.29) is 62.1 Å². The monoisotopic (exact) mass is 608 g/mol. The first-order valence-corrected chi connectivity index (χ1v) is 15.3. The van der Waals surface area contributed by atoms with Gasteiger partial charge in [-0.1, -0.05) is 0 Å². The highest BCUT2D eigenvalue weighted by atomic mass is 32.1. The Labute approximate surface area is 250 Å². The molecular formula is C30H31F3N8OS. The first-order chi connectivity index (χ1) is 20.7. The molecule has 43 heavy (non-hydrogen) atoms. The lowest BCUT2D eigenvalue weighted by Gasteiger charge is -2.39. The number of aromatic nitrogens is 3. The Morgan fingerprint density at radius 3 is 2.91 bits per heavy atom. The number of rotatable bonds is 5. The second-order valence-corrected chi connectivity index (χ2v) is 13.0. The van der Waals surface area contributed by atoms with Crippen LogP contribution >= 0.6 is 11.3 Å². The fraction of sp³-hybridized carbons (Fsp3) is 0.467. The third-order valence-electron chi connectivity index (χ3n) is 9.10. The molecular weight excluding hydrogens is 577 g/mol. The summed E-state index contributed by atoms with van der Waals surface area (Å²) in [6, 6.07) is 4.86. The number of nitriles is 1. The van der Waals surface area contributed by atoms with Gasteiger partial charge in [0.05, 0.1) is 21.2 Å². The van der Waals surface area contributed by atoms with E-state index in [2.05, 4.69) is 38.9 Å². The number of alkyl halides is 1. The van der Waals surface area contributed by atoms with E-state index in [0.29, 0.717) is 37.3 Å². The summed E-state index contributed by atoms with van der Waals surface area (Å²) in [6.45, 7) is 6.85. The van der Waals surface area contributed by atoms with Gasteiger partial charge in [0, 0.05) is 55.3 Å². The van der Waals surface area contributed by atoms with Crippen molar-refractivity contribution in [1.29, 1.82) is 5.26 Å². The lowest BCUT2D eigenvalue weighted by Crippen LogP contribution is -2.54. The number of nitrogens with zero attached hydrogens (tertiary/aromatic N) is 6. The molecule has 0 amide bonds. The van der Waals surface area contributed by atoms with Crippen LogP contribution in [-0.2, 0) is 0 Å². The van der Waals surface area contributed by atoms with Crippen LogP contribution in [0.3, 0.4) is 0 Å². The Kier molecular flexibility index (Phi) is 6.83. The fourth-order valence-corrected chi connectivity index (χ4v) is 7.90. The van der Waals surface area contributed by atoms with E-state index in [0.717, 1.165) is 30.7 Å². The van der Waals surface area contributed by atoms with Crippen molar-refractivity contribution < 1.29 is 17.9 Å². The summed E-state index contributed by atoms with van der Waals surface area (Å²) in [5.41, 5.74) is 5.84. The van der Waals surface area contributed by atoms with E-state index in [1.807, 2.05) is 6.07 Å². The zero-order valence-electron chi connectivity index (χ0n) is 23.8. The zero-order chi connectivity index (χ0) is 30.0. The molecule has 6 heterocycles. The summed E-state index contributed by atoms with van der Waals surface area (Å²) in [5, 5.41) is 14.0. The van der Waals surface area contributed by atoms with Crippen molar-refractivity contribution in [3.63, 3.8) is 0 Å². The van der Waals surface area contributed by atoms with Crippen molar-refractivity contribution in [2.24, 2.45) is 0 Å². The van der Waals surface area contributed by atoms with Crippen LogP contribution in [0.25, 0.3) is 32.2 Å². The highest BCUT2D eigenvalue weighted by Crippen LogP contribution is 2.43. The molecule has 0 bridgehead atoms. The van der Waals surface area contributed by atoms with Crippen LogP contribution in [0.5, 0.6) is 6.01 Å². The molecule has 3 N–H and O–H groups in total. The van der Waals surface area contributed by atoms with Gasteiger partial charge in [-0.05, 0) is 45.4 Å². The summed E-state index contributed by atoms with van der Waals surface area (Å²) >= 11 is 0.939. The van der Waals surface area contributed by atoms with Crippen molar-refractivity contribution in [1.82, 2.24) is 25.2 Å². The first kappa shape index (κ1) is 28.1. The number of nitrogens with one attached hydrogen (secondary N) is 1. The predicted molar refractivity (Wildman–Crippen MR) is 160 cm³/mol. The van der Waals surface area contributed by atoms with E-state index < -0.39 is 23.3 Å². The molecule has 0 unspecified atom stereocenters. The lowest BCUT2D eigenvalue weighted by atomic mass is 9.95. The number of nitrogen functional groups attached to an aromatic ring is 1. The van der Waals surface area contributed by atoms with Gasteiger partial charge < -0.3 is 20.7 Å². The molecule has 3 fully saturated rings. The molecule has 3 aromatic heterocycles. The van der Waals surface area contributed by atoms with Crippen LogP contribution in [-0.4, -0.2) is 76.4 Å². The minimum Gasteiger partial charge on any atom is -0.461 e. The number of benzene rings is 1. The van der Waals surface area contributed by atoms with Crippen molar-refractivity contribution in [2.75, 3.05) is 43.4 Å². The maximum atomic E-state index is 16.6. The Balaban J connectivity index is 1.38. The van der Waals surface area contributed by atoms with Gasteiger partial charge in [-0.25, -0.2) is 13.2 Å². The average molecular weight is 609 g/mol. The number of nitrogens with two attached hydrogens (primary N) is 1. The van der Waals surface area contributed by atoms with Crippen molar-refractivity contribution >= 4 is 43.1 Å². The molecule has 0 radical (unpaired) electrons. The highest BCUT2D eigenvalue weighted by molar-refractivity contribution is 7.23. The molecule has 4 atom stereocenters. The first-order valence-electron chi connectivity index (χ1n) is 14.5. The Morgan fingerprint density at radius 1 is 1.26 bits per heavy atom. The normalized spacial score (nSPS) is 25.9. The van der Waals surface area contributed by atoms with Gasteiger partial charge >= 0.3 is 6.01 Å². The maximum Gasteiger partial charge on any atom is 0.319 e. The molecule has 3 saturated heterocycles. The minimum absolute atomic E-state index is 0.00172. The number of thiophene rings is 1. The number of hydrogen-bond donors (Lipinski definition) is 2. The van der Waals surface area contributed by atoms with Gasteiger partial charge in [0.25, 0.3) is 0 Å². The molecule has 9 nitrogen and oxygen atoms in total. The molecule has 224 valence electrons. The Morgan fingerprint density at radius 2 is 2.09 bits per heavy atom. The molecule has 0 spiro atoms. The topological polar surface area (TPSA) is 116 Å². The van der Waals surface area contributed by atoms with Gasteiger partial charge in [-0.2, -0.15) is 15.2 Å². The van der Waals surface area contributed by atoms with Crippen molar-refractivity contribution in [3.8, 4) is 23.3 Å². The number of pyridine rings is 1. The molecule has 0 aliphatic carbocycles. The lowest BCUT2D eigenvalue weighted by molar-refractivity contribution is 0.107. The molecule has 0 saturated carbocycles. The molecule has 3 aliphatic rings. The Bertz CT molecular complexity index is 1790. The van der Waals surface area contributed by atoms with E-state index in [9.17, 15) is 14.0 Å². The van der Waals surface area contributed by atoms with Crippen LogP contribution < -0.4 is 20.7 Å². The smallest absolute Gasteiger partial charge is 0.319 e. The number of anilines is 2. The van der Waals surface area contributed by atoms with Crippen molar-refractivity contribution in [3.05, 3.63) is 35.5 Å². The van der Waals surface area contributed by atoms with Crippen LogP contribution in [0.4, 0.5) is 24.0 Å². The molecule has 1 aromatic carbocycles. The van der Waals surface area contributed by atoms with Crippen LogP contribution in [0.1, 0.15) is 38.7 Å². The third-order valence-corrected chi connectivity index (χ3v) is 10.1. The standard InChI is InChI=1S/C30H31F3N8OS/c1-15-12-41(16(2)10-36-15)28-20-11-37-24(18-4-5-21(32)26-22(18)19(9-34)27(35)43-26)23(33)25(20)38-29(39-28)42-14-30-6-3-7-40(30)13-17(31)8-30/h4-5,11,15-17,36H,3,6-8,10,12-14,35H2,1-2H3/t15-,16+,17-,30+/m1/s1. The summed E-state index contributed by atoms with van der Waals surface area (Å²) in [7, 11) is 0. The molecule has 13 heteroatoms. The summed E-state index contributed by atoms with van der Waals surface area (Å²) in [4.78, 5) is 18.0. The maximum absolute atomic E-state index is 16.6. The summed E-state index contributed by atoms with van der Waals surface area (Å²) < 4.78 is 52.1. The molecule has 4 aromatic rings. The zero-order valence-corrected chi connectivity index (χ0v) is 24.6. The third kappa shape index (κ3) is 4.54. The average Bonchev–Trinajstić information content (AvgIpc) is 3.63. The van der Waals surface area contributed by atoms with E-state index in [4.69, 9.17) is 15.5 Å². The van der Waals surface area contributed by atoms with E-state index in [1.54, 1.807) is 0 Å². The number of ether oxygens (including phenoxy) is 1. The molecule has 7 rings (SSSR count). The van der Waals surface area contributed by atoms with Gasteiger partial charge in [-0.3, -0.25) is 9.88 Å². The van der Waals surface area contributed by atoms with Crippen LogP contribution in [0, 0.1) is 23.0 Å². The Hall–Kier alpha value is -3.73.